The van der Waals surface area contributed by atoms with Crippen molar-refractivity contribution >= 4 is 23.0 Å². The Morgan fingerprint density at radius 3 is 3.10 bits per heavy atom. The molecule has 0 aliphatic carbocycles. The third kappa shape index (κ3) is 2.24. The maximum atomic E-state index is 12.4. The molecule has 0 radical (unpaired) electrons. The van der Waals surface area contributed by atoms with Crippen molar-refractivity contribution in [3.63, 3.8) is 0 Å². The first-order valence-corrected chi connectivity index (χ1v) is 6.50. The second kappa shape index (κ2) is 4.96. The highest BCUT2D eigenvalue weighted by molar-refractivity contribution is 5.96. The van der Waals surface area contributed by atoms with E-state index in [9.17, 15) is 9.59 Å². The van der Waals surface area contributed by atoms with E-state index in [-0.39, 0.29) is 12.5 Å². The number of hydrogen-bond donors (Lipinski definition) is 1. The molecular weight excluding hydrogens is 260 g/mol. The SMILES string of the molecule is O=C(O)C1CCCN(C(=O)c2cnc3ccoc3c2)C1. The van der Waals surface area contributed by atoms with Crippen LogP contribution in [0.1, 0.15) is 23.2 Å². The van der Waals surface area contributed by atoms with E-state index in [4.69, 9.17) is 9.52 Å². The quantitative estimate of drug-likeness (QED) is 0.902. The van der Waals surface area contributed by atoms with Gasteiger partial charge in [-0.15, -0.1) is 0 Å². The molecule has 104 valence electrons. The fourth-order valence-corrected chi connectivity index (χ4v) is 2.51. The molecular formula is C14H14N2O4. The van der Waals surface area contributed by atoms with E-state index < -0.39 is 11.9 Å². The van der Waals surface area contributed by atoms with Crippen LogP contribution < -0.4 is 0 Å². The van der Waals surface area contributed by atoms with Crippen LogP contribution in [0.4, 0.5) is 0 Å². The number of amides is 1. The molecule has 1 fully saturated rings. The number of carbonyl (C=O) groups is 2. The predicted octanol–water partition coefficient (Wildman–Crippen LogP) is 1.76. The Kier molecular flexibility index (Phi) is 3.14. The summed E-state index contributed by atoms with van der Waals surface area (Å²) in [5, 5.41) is 9.06. The standard InChI is InChI=1S/C14H14N2O4/c17-13(16-4-1-2-9(8-16)14(18)19)10-6-12-11(15-7-10)3-5-20-12/h3,5-7,9H,1-2,4,8H2,(H,18,19). The van der Waals surface area contributed by atoms with E-state index in [0.29, 0.717) is 36.0 Å². The summed E-state index contributed by atoms with van der Waals surface area (Å²) in [7, 11) is 0. The molecule has 0 spiro atoms. The number of carbonyl (C=O) groups excluding carboxylic acids is 1. The van der Waals surface area contributed by atoms with Gasteiger partial charge in [-0.3, -0.25) is 14.6 Å². The lowest BCUT2D eigenvalue weighted by molar-refractivity contribution is -0.143. The summed E-state index contributed by atoms with van der Waals surface area (Å²) in [6.07, 6.45) is 4.35. The molecule has 0 bridgehead atoms. The topological polar surface area (TPSA) is 83.6 Å². The molecule has 1 aliphatic heterocycles. The maximum absolute atomic E-state index is 12.4. The Morgan fingerprint density at radius 1 is 1.45 bits per heavy atom. The highest BCUT2D eigenvalue weighted by Crippen LogP contribution is 2.20. The molecule has 2 aromatic heterocycles. The molecule has 3 rings (SSSR count). The van der Waals surface area contributed by atoms with Crippen molar-refractivity contribution in [1.82, 2.24) is 9.88 Å². The molecule has 1 aliphatic rings. The largest absolute Gasteiger partial charge is 0.481 e. The van der Waals surface area contributed by atoms with Gasteiger partial charge in [0, 0.05) is 25.4 Å². The van der Waals surface area contributed by atoms with Crippen LogP contribution in [0, 0.1) is 5.92 Å². The lowest BCUT2D eigenvalue weighted by Crippen LogP contribution is -2.42. The molecule has 1 amide bonds. The van der Waals surface area contributed by atoms with Crippen molar-refractivity contribution in [3.8, 4) is 0 Å². The zero-order valence-corrected chi connectivity index (χ0v) is 10.8. The number of piperidine rings is 1. The van der Waals surface area contributed by atoms with Crippen molar-refractivity contribution in [2.45, 2.75) is 12.8 Å². The van der Waals surface area contributed by atoms with E-state index in [1.165, 1.54) is 12.5 Å². The zero-order chi connectivity index (χ0) is 14.1. The average molecular weight is 274 g/mol. The number of aliphatic carboxylic acids is 1. The molecule has 20 heavy (non-hydrogen) atoms. The highest BCUT2D eigenvalue weighted by Gasteiger charge is 2.28. The van der Waals surface area contributed by atoms with E-state index in [0.717, 1.165) is 0 Å². The third-order valence-corrected chi connectivity index (χ3v) is 3.61. The first-order chi connectivity index (χ1) is 9.65. The minimum Gasteiger partial charge on any atom is -0.481 e. The Bertz CT molecular complexity index is 664. The van der Waals surface area contributed by atoms with Gasteiger partial charge >= 0.3 is 5.97 Å². The van der Waals surface area contributed by atoms with Gasteiger partial charge in [-0.05, 0) is 18.9 Å². The van der Waals surface area contributed by atoms with Gasteiger partial charge in [0.1, 0.15) is 5.52 Å². The van der Waals surface area contributed by atoms with Crippen molar-refractivity contribution < 1.29 is 19.1 Å². The molecule has 1 saturated heterocycles. The Labute approximate surface area is 115 Å². The number of furan rings is 1. The summed E-state index contributed by atoms with van der Waals surface area (Å²) in [6.45, 7) is 0.836. The normalized spacial score (nSPS) is 19.2. The number of rotatable bonds is 2. The van der Waals surface area contributed by atoms with Gasteiger partial charge in [0.15, 0.2) is 5.58 Å². The third-order valence-electron chi connectivity index (χ3n) is 3.61. The van der Waals surface area contributed by atoms with Crippen LogP contribution >= 0.6 is 0 Å². The second-order valence-corrected chi connectivity index (χ2v) is 4.96. The van der Waals surface area contributed by atoms with Crippen LogP contribution in [-0.2, 0) is 4.79 Å². The average Bonchev–Trinajstić information content (AvgIpc) is 2.94. The van der Waals surface area contributed by atoms with Crippen LogP contribution in [0.5, 0.6) is 0 Å². The number of pyridine rings is 1. The summed E-state index contributed by atoms with van der Waals surface area (Å²) in [6, 6.07) is 3.37. The van der Waals surface area contributed by atoms with Gasteiger partial charge in [-0.1, -0.05) is 0 Å². The zero-order valence-electron chi connectivity index (χ0n) is 10.8. The number of fused-ring (bicyclic) bond motifs is 1. The molecule has 6 heteroatoms. The van der Waals surface area contributed by atoms with Crippen LogP contribution in [-0.4, -0.2) is 40.0 Å². The number of hydrogen-bond acceptors (Lipinski definition) is 4. The Morgan fingerprint density at radius 2 is 2.30 bits per heavy atom. The van der Waals surface area contributed by atoms with Crippen molar-refractivity contribution in [2.24, 2.45) is 5.92 Å². The summed E-state index contributed by atoms with van der Waals surface area (Å²) in [5.74, 6) is -1.52. The number of nitrogens with zero attached hydrogens (tertiary/aromatic N) is 2. The van der Waals surface area contributed by atoms with Crippen molar-refractivity contribution in [2.75, 3.05) is 13.1 Å². The van der Waals surface area contributed by atoms with Gasteiger partial charge < -0.3 is 14.4 Å². The molecule has 6 nitrogen and oxygen atoms in total. The number of carboxylic acids is 1. The maximum Gasteiger partial charge on any atom is 0.308 e. The van der Waals surface area contributed by atoms with Gasteiger partial charge in [-0.25, -0.2) is 0 Å². The summed E-state index contributed by atoms with van der Waals surface area (Å²) >= 11 is 0. The summed E-state index contributed by atoms with van der Waals surface area (Å²) in [4.78, 5) is 29.1. The number of aromatic nitrogens is 1. The molecule has 1 atom stereocenters. The van der Waals surface area contributed by atoms with Crippen LogP contribution in [0.3, 0.4) is 0 Å². The Balaban J connectivity index is 1.82. The predicted molar refractivity (Wildman–Crippen MR) is 70.3 cm³/mol. The van der Waals surface area contributed by atoms with Crippen LogP contribution in [0.25, 0.3) is 11.1 Å². The van der Waals surface area contributed by atoms with E-state index in [1.54, 1.807) is 17.0 Å². The lowest BCUT2D eigenvalue weighted by Gasteiger charge is -2.30. The number of carboxylic acid groups (broad SMARTS) is 1. The van der Waals surface area contributed by atoms with Gasteiger partial charge in [0.2, 0.25) is 0 Å². The molecule has 2 aromatic rings. The Hall–Kier alpha value is -2.37. The molecule has 3 heterocycles. The molecule has 1 unspecified atom stereocenters. The second-order valence-electron chi connectivity index (χ2n) is 4.96. The molecule has 0 aromatic carbocycles. The van der Waals surface area contributed by atoms with E-state index in [1.807, 2.05) is 0 Å². The minimum atomic E-state index is -0.845. The van der Waals surface area contributed by atoms with E-state index >= 15 is 0 Å². The summed E-state index contributed by atoms with van der Waals surface area (Å²) < 4.78 is 5.23. The highest BCUT2D eigenvalue weighted by atomic mass is 16.4. The first-order valence-electron chi connectivity index (χ1n) is 6.50. The van der Waals surface area contributed by atoms with Gasteiger partial charge in [0.25, 0.3) is 5.91 Å². The first kappa shape index (κ1) is 12.7. The fraction of sp³-hybridized carbons (Fsp3) is 0.357. The van der Waals surface area contributed by atoms with Crippen molar-refractivity contribution in [3.05, 3.63) is 30.2 Å². The number of likely N-dealkylation sites (tertiary alicyclic amines) is 1. The van der Waals surface area contributed by atoms with Crippen LogP contribution in [0.15, 0.2) is 29.0 Å². The lowest BCUT2D eigenvalue weighted by atomic mass is 9.98. The molecule has 0 saturated carbocycles. The minimum absolute atomic E-state index is 0.193. The van der Waals surface area contributed by atoms with Crippen molar-refractivity contribution in [1.29, 1.82) is 0 Å². The van der Waals surface area contributed by atoms with Gasteiger partial charge in [-0.2, -0.15) is 0 Å². The summed E-state index contributed by atoms with van der Waals surface area (Å²) in [5.41, 5.74) is 1.68. The molecule has 1 N–H and O–H groups in total. The van der Waals surface area contributed by atoms with Gasteiger partial charge in [0.05, 0.1) is 17.7 Å². The van der Waals surface area contributed by atoms with Crippen LogP contribution in [0.2, 0.25) is 0 Å². The smallest absolute Gasteiger partial charge is 0.308 e. The fourth-order valence-electron chi connectivity index (χ4n) is 2.51. The monoisotopic (exact) mass is 274 g/mol. The van der Waals surface area contributed by atoms with E-state index in [2.05, 4.69) is 4.98 Å².